The molecule has 1 aromatic rings. The summed E-state index contributed by atoms with van der Waals surface area (Å²) in [4.78, 5) is 0. The Balaban J connectivity index is 1.94. The number of methoxy groups -OCH3 is 1. The summed E-state index contributed by atoms with van der Waals surface area (Å²) < 4.78 is 10.8. The number of ether oxygens (including phenoxy) is 2. The third kappa shape index (κ3) is 3.26. The number of benzene rings is 1. The molecule has 2 unspecified atom stereocenters. The Morgan fingerprint density at radius 3 is 2.95 bits per heavy atom. The van der Waals surface area contributed by atoms with Crippen molar-refractivity contribution < 1.29 is 14.6 Å². The quantitative estimate of drug-likeness (QED) is 0.849. The molecule has 0 aromatic heterocycles. The third-order valence-electron chi connectivity index (χ3n) is 3.84. The Kier molecular flexibility index (Phi) is 4.45. The van der Waals surface area contributed by atoms with Gasteiger partial charge in [0.25, 0.3) is 0 Å². The minimum atomic E-state index is -0.753. The van der Waals surface area contributed by atoms with Gasteiger partial charge in [0, 0.05) is 31.7 Å². The van der Waals surface area contributed by atoms with Gasteiger partial charge in [-0.2, -0.15) is 0 Å². The molecule has 4 nitrogen and oxygen atoms in total. The number of aliphatic hydroxyl groups is 1. The van der Waals surface area contributed by atoms with Crippen molar-refractivity contribution in [3.8, 4) is 5.75 Å². The van der Waals surface area contributed by atoms with Gasteiger partial charge in [0.05, 0.1) is 13.2 Å². The zero-order chi connectivity index (χ0) is 13.9. The van der Waals surface area contributed by atoms with Crippen LogP contribution in [0.5, 0.6) is 5.75 Å². The molecule has 19 heavy (non-hydrogen) atoms. The second kappa shape index (κ2) is 5.90. The molecule has 0 aliphatic carbocycles. The van der Waals surface area contributed by atoms with Gasteiger partial charge in [0.1, 0.15) is 11.4 Å². The average molecular weight is 265 g/mol. The van der Waals surface area contributed by atoms with Crippen LogP contribution in [0.1, 0.15) is 24.5 Å². The highest BCUT2D eigenvalue weighted by Crippen LogP contribution is 2.25. The van der Waals surface area contributed by atoms with Crippen LogP contribution in [0, 0.1) is 6.92 Å². The standard InChI is InChI=1S/C15H23NO3/c1-11-4-5-14(18-3)13(8-11)9-16-10-15(17)6-7-19-12(15)2/h4-5,8,12,16-17H,6-7,9-10H2,1-3H3. The molecule has 2 rings (SSSR count). The van der Waals surface area contributed by atoms with Crippen LogP contribution in [0.15, 0.2) is 18.2 Å². The Labute approximate surface area is 114 Å². The summed E-state index contributed by atoms with van der Waals surface area (Å²) in [7, 11) is 1.68. The minimum absolute atomic E-state index is 0.112. The molecule has 1 aliphatic rings. The lowest BCUT2D eigenvalue weighted by Gasteiger charge is -2.26. The van der Waals surface area contributed by atoms with E-state index < -0.39 is 5.60 Å². The van der Waals surface area contributed by atoms with Crippen LogP contribution in [0.3, 0.4) is 0 Å². The molecule has 1 aliphatic heterocycles. The van der Waals surface area contributed by atoms with Gasteiger partial charge in [-0.15, -0.1) is 0 Å². The first-order valence-electron chi connectivity index (χ1n) is 6.73. The van der Waals surface area contributed by atoms with Gasteiger partial charge in [-0.25, -0.2) is 0 Å². The van der Waals surface area contributed by atoms with Gasteiger partial charge in [-0.1, -0.05) is 17.7 Å². The van der Waals surface area contributed by atoms with Crippen molar-refractivity contribution >= 4 is 0 Å². The molecular weight excluding hydrogens is 242 g/mol. The molecular formula is C15H23NO3. The van der Waals surface area contributed by atoms with E-state index in [0.29, 0.717) is 26.1 Å². The fraction of sp³-hybridized carbons (Fsp3) is 0.600. The summed E-state index contributed by atoms with van der Waals surface area (Å²) in [5.74, 6) is 0.876. The van der Waals surface area contributed by atoms with E-state index in [9.17, 15) is 5.11 Å². The summed E-state index contributed by atoms with van der Waals surface area (Å²) in [5, 5.41) is 13.7. The van der Waals surface area contributed by atoms with Crippen LogP contribution in [0.2, 0.25) is 0 Å². The number of hydrogen-bond acceptors (Lipinski definition) is 4. The third-order valence-corrected chi connectivity index (χ3v) is 3.84. The van der Waals surface area contributed by atoms with Crippen LogP contribution in [-0.2, 0) is 11.3 Å². The predicted octanol–water partition coefficient (Wildman–Crippen LogP) is 1.63. The Hall–Kier alpha value is -1.10. The lowest BCUT2D eigenvalue weighted by Crippen LogP contribution is -2.45. The van der Waals surface area contributed by atoms with Crippen molar-refractivity contribution in [1.29, 1.82) is 0 Å². The smallest absolute Gasteiger partial charge is 0.123 e. The Bertz CT molecular complexity index is 435. The van der Waals surface area contributed by atoms with Crippen LogP contribution in [0.25, 0.3) is 0 Å². The van der Waals surface area contributed by atoms with Crippen molar-refractivity contribution in [3.05, 3.63) is 29.3 Å². The maximum absolute atomic E-state index is 10.4. The molecule has 0 amide bonds. The summed E-state index contributed by atoms with van der Waals surface area (Å²) in [5.41, 5.74) is 1.56. The molecule has 4 heteroatoms. The zero-order valence-corrected chi connectivity index (χ0v) is 11.9. The van der Waals surface area contributed by atoms with Crippen molar-refractivity contribution in [2.75, 3.05) is 20.3 Å². The molecule has 2 N–H and O–H groups in total. The molecule has 1 aromatic carbocycles. The second-order valence-electron chi connectivity index (χ2n) is 5.29. The molecule has 0 spiro atoms. The maximum Gasteiger partial charge on any atom is 0.123 e. The zero-order valence-electron chi connectivity index (χ0n) is 11.9. The minimum Gasteiger partial charge on any atom is -0.496 e. The van der Waals surface area contributed by atoms with Crippen LogP contribution in [-0.4, -0.2) is 37.1 Å². The summed E-state index contributed by atoms with van der Waals surface area (Å²) >= 11 is 0. The van der Waals surface area contributed by atoms with E-state index in [2.05, 4.69) is 18.3 Å². The van der Waals surface area contributed by atoms with E-state index >= 15 is 0 Å². The highest BCUT2D eigenvalue weighted by Gasteiger charge is 2.38. The summed E-state index contributed by atoms with van der Waals surface area (Å²) in [6.07, 6.45) is 0.575. The lowest BCUT2D eigenvalue weighted by molar-refractivity contribution is -0.0263. The van der Waals surface area contributed by atoms with Crippen LogP contribution < -0.4 is 10.1 Å². The van der Waals surface area contributed by atoms with Gasteiger partial charge < -0.3 is 19.9 Å². The van der Waals surface area contributed by atoms with E-state index in [1.807, 2.05) is 19.1 Å². The monoisotopic (exact) mass is 265 g/mol. The number of nitrogens with one attached hydrogen (secondary N) is 1. The first-order valence-corrected chi connectivity index (χ1v) is 6.73. The van der Waals surface area contributed by atoms with E-state index in [1.165, 1.54) is 5.56 Å². The molecule has 0 bridgehead atoms. The lowest BCUT2D eigenvalue weighted by atomic mass is 9.96. The number of rotatable bonds is 5. The summed E-state index contributed by atoms with van der Waals surface area (Å²) in [6, 6.07) is 6.11. The van der Waals surface area contributed by atoms with Crippen LogP contribution >= 0.6 is 0 Å². The number of aryl methyl sites for hydroxylation is 1. The van der Waals surface area contributed by atoms with Gasteiger partial charge in [-0.05, 0) is 19.9 Å². The maximum atomic E-state index is 10.4. The molecule has 0 radical (unpaired) electrons. The Morgan fingerprint density at radius 1 is 1.53 bits per heavy atom. The van der Waals surface area contributed by atoms with E-state index in [0.717, 1.165) is 11.3 Å². The topological polar surface area (TPSA) is 50.7 Å². The SMILES string of the molecule is COc1ccc(C)cc1CNCC1(O)CCOC1C. The van der Waals surface area contributed by atoms with Gasteiger partial charge in [0.15, 0.2) is 0 Å². The highest BCUT2D eigenvalue weighted by atomic mass is 16.5. The van der Waals surface area contributed by atoms with Gasteiger partial charge in [-0.3, -0.25) is 0 Å². The van der Waals surface area contributed by atoms with Gasteiger partial charge >= 0.3 is 0 Å². The van der Waals surface area contributed by atoms with E-state index in [1.54, 1.807) is 7.11 Å². The van der Waals surface area contributed by atoms with Crippen LogP contribution in [0.4, 0.5) is 0 Å². The Morgan fingerprint density at radius 2 is 2.32 bits per heavy atom. The molecule has 1 fully saturated rings. The first-order chi connectivity index (χ1) is 9.05. The molecule has 1 saturated heterocycles. The molecule has 2 atom stereocenters. The highest BCUT2D eigenvalue weighted by molar-refractivity contribution is 5.36. The van der Waals surface area contributed by atoms with Gasteiger partial charge in [0.2, 0.25) is 0 Å². The second-order valence-corrected chi connectivity index (χ2v) is 5.29. The molecule has 106 valence electrons. The van der Waals surface area contributed by atoms with Crippen molar-refractivity contribution in [2.45, 2.75) is 38.5 Å². The van der Waals surface area contributed by atoms with Crippen molar-refractivity contribution in [2.24, 2.45) is 0 Å². The fourth-order valence-corrected chi connectivity index (χ4v) is 2.46. The first kappa shape index (κ1) is 14.3. The van der Waals surface area contributed by atoms with Crippen molar-refractivity contribution in [3.63, 3.8) is 0 Å². The fourth-order valence-electron chi connectivity index (χ4n) is 2.46. The average Bonchev–Trinajstić information content (AvgIpc) is 2.70. The van der Waals surface area contributed by atoms with Crippen molar-refractivity contribution in [1.82, 2.24) is 5.32 Å². The number of hydrogen-bond donors (Lipinski definition) is 2. The molecule has 1 heterocycles. The molecule has 0 saturated carbocycles. The van der Waals surface area contributed by atoms with E-state index in [4.69, 9.17) is 9.47 Å². The van der Waals surface area contributed by atoms with E-state index in [-0.39, 0.29) is 6.10 Å². The largest absolute Gasteiger partial charge is 0.496 e. The summed E-state index contributed by atoms with van der Waals surface area (Å²) in [6.45, 7) is 5.82. The predicted molar refractivity (Wildman–Crippen MR) is 74.4 cm³/mol. The normalized spacial score (nSPS) is 26.6.